The lowest BCUT2D eigenvalue weighted by Gasteiger charge is -2.14. The van der Waals surface area contributed by atoms with Gasteiger partial charge >= 0.3 is 0 Å². The quantitative estimate of drug-likeness (QED) is 0.594. The molecule has 0 amide bonds. The fourth-order valence-corrected chi connectivity index (χ4v) is 4.52. The Hall–Kier alpha value is -2.86. The van der Waals surface area contributed by atoms with Crippen LogP contribution in [0.3, 0.4) is 0 Å². The molecule has 3 aromatic rings. The van der Waals surface area contributed by atoms with Gasteiger partial charge in [-0.2, -0.15) is 0 Å². The van der Waals surface area contributed by atoms with Gasteiger partial charge in [0, 0.05) is 0 Å². The zero-order chi connectivity index (χ0) is 15.0. The Morgan fingerprint density at radius 1 is 0.565 bits per heavy atom. The molecule has 0 spiro atoms. The van der Waals surface area contributed by atoms with Crippen molar-refractivity contribution in [1.29, 1.82) is 0 Å². The van der Waals surface area contributed by atoms with Crippen molar-refractivity contribution in [3.63, 3.8) is 0 Å². The van der Waals surface area contributed by atoms with E-state index in [1.807, 2.05) is 0 Å². The first-order chi connectivity index (χ1) is 11.4. The number of benzene rings is 3. The number of rotatable bonds is 0. The Balaban J connectivity index is 1.88. The van der Waals surface area contributed by atoms with Crippen molar-refractivity contribution in [2.45, 2.75) is 6.42 Å². The molecule has 0 aliphatic heterocycles. The smallest absolute Gasteiger partial charge is 0.0000881 e. The third-order valence-corrected chi connectivity index (χ3v) is 5.46. The molecule has 23 heavy (non-hydrogen) atoms. The monoisotopic (exact) mass is 290 g/mol. The molecular weight excluding hydrogens is 276 g/mol. The van der Waals surface area contributed by atoms with Gasteiger partial charge in [-0.15, -0.1) is 0 Å². The predicted octanol–water partition coefficient (Wildman–Crippen LogP) is 2.07. The highest BCUT2D eigenvalue weighted by atomic mass is 14.3. The summed E-state index contributed by atoms with van der Waals surface area (Å²) in [4.78, 5) is 0. The van der Waals surface area contributed by atoms with Gasteiger partial charge in [0.25, 0.3) is 0 Å². The second-order valence-corrected chi connectivity index (χ2v) is 6.55. The maximum Gasteiger partial charge on any atom is -0.0000881 e. The van der Waals surface area contributed by atoms with E-state index in [-0.39, 0.29) is 0 Å². The average Bonchev–Trinajstić information content (AvgIpc) is 3.14. The molecule has 0 saturated carbocycles. The van der Waals surface area contributed by atoms with Gasteiger partial charge in [-0.3, -0.25) is 0 Å². The van der Waals surface area contributed by atoms with Gasteiger partial charge in [-0.1, -0.05) is 66.7 Å². The van der Waals surface area contributed by atoms with E-state index in [4.69, 9.17) is 0 Å². The maximum atomic E-state index is 2.38. The van der Waals surface area contributed by atoms with E-state index in [0.29, 0.717) is 0 Å². The Morgan fingerprint density at radius 3 is 2.26 bits per heavy atom. The normalized spacial score (nSPS) is 15.7. The van der Waals surface area contributed by atoms with Crippen molar-refractivity contribution in [3.8, 4) is 11.1 Å². The van der Waals surface area contributed by atoms with Gasteiger partial charge in [0.05, 0.1) is 0 Å². The Kier molecular flexibility index (Phi) is 1.98. The molecule has 3 aliphatic carbocycles. The van der Waals surface area contributed by atoms with Gasteiger partial charge < -0.3 is 0 Å². The number of hydrogen-bond acceptors (Lipinski definition) is 0. The van der Waals surface area contributed by atoms with Crippen LogP contribution >= 0.6 is 0 Å². The standard InChI is InChI=1S/C23H14/c1-2-7-15-14(6-1)12-20-19-11-5-10-18-16-8-3-4-9-17(16)22(23(18)19)13-21(15)20/h1-12H,13H2. The van der Waals surface area contributed by atoms with E-state index in [1.165, 1.54) is 54.3 Å². The second kappa shape index (κ2) is 3.91. The summed E-state index contributed by atoms with van der Waals surface area (Å²) in [5.41, 5.74) is 8.66. The molecule has 0 aromatic heterocycles. The molecule has 0 fully saturated rings. The van der Waals surface area contributed by atoms with Crippen LogP contribution in [-0.2, 0) is 0 Å². The van der Waals surface area contributed by atoms with E-state index in [9.17, 15) is 0 Å². The van der Waals surface area contributed by atoms with E-state index in [1.54, 1.807) is 0 Å². The number of hydrogen-bond donors (Lipinski definition) is 0. The molecule has 0 saturated heterocycles. The Bertz CT molecular complexity index is 1270. The zero-order valence-corrected chi connectivity index (χ0v) is 12.6. The maximum absolute atomic E-state index is 2.38. The van der Waals surface area contributed by atoms with Gasteiger partial charge in [0.15, 0.2) is 0 Å². The molecular formula is C23H14. The van der Waals surface area contributed by atoms with Gasteiger partial charge in [-0.25, -0.2) is 0 Å². The molecule has 6 rings (SSSR count). The highest BCUT2D eigenvalue weighted by Crippen LogP contribution is 2.38. The molecule has 3 aromatic carbocycles. The van der Waals surface area contributed by atoms with Crippen LogP contribution in [0.5, 0.6) is 0 Å². The lowest BCUT2D eigenvalue weighted by atomic mass is 9.89. The zero-order valence-electron chi connectivity index (χ0n) is 12.6. The minimum absolute atomic E-state index is 1.05. The lowest BCUT2D eigenvalue weighted by molar-refractivity contribution is 1.35. The highest BCUT2D eigenvalue weighted by molar-refractivity contribution is 6.12. The largest absolute Gasteiger partial charge is 0.0616 e. The summed E-state index contributed by atoms with van der Waals surface area (Å²) in [5.74, 6) is 0. The van der Waals surface area contributed by atoms with E-state index >= 15 is 0 Å². The summed E-state index contributed by atoms with van der Waals surface area (Å²) >= 11 is 0. The first-order valence-electron chi connectivity index (χ1n) is 8.18. The molecule has 0 N–H and O–H groups in total. The SMILES string of the molecule is C1=c2ccccc2=C2CC3=c4c(cccc4=C12)-c1ccccc13. The van der Waals surface area contributed by atoms with Crippen molar-refractivity contribution in [1.82, 2.24) is 0 Å². The minimum Gasteiger partial charge on any atom is -0.0616 e. The van der Waals surface area contributed by atoms with Crippen LogP contribution in [0.1, 0.15) is 12.0 Å². The summed E-state index contributed by atoms with van der Waals surface area (Å²) in [6, 6.07) is 24.4. The summed E-state index contributed by atoms with van der Waals surface area (Å²) in [6.45, 7) is 0. The molecule has 0 bridgehead atoms. The molecule has 0 nitrogen and oxygen atoms in total. The van der Waals surface area contributed by atoms with Crippen LogP contribution < -0.4 is 20.9 Å². The van der Waals surface area contributed by atoms with Crippen LogP contribution in [0.15, 0.2) is 66.7 Å². The summed E-state index contributed by atoms with van der Waals surface area (Å²) in [6.07, 6.45) is 3.42. The summed E-state index contributed by atoms with van der Waals surface area (Å²) in [5, 5.41) is 5.65. The fraction of sp³-hybridized carbons (Fsp3) is 0.0435. The Morgan fingerprint density at radius 2 is 1.30 bits per heavy atom. The van der Waals surface area contributed by atoms with Crippen LogP contribution in [0.25, 0.3) is 33.9 Å². The lowest BCUT2D eigenvalue weighted by Crippen LogP contribution is -2.32. The highest BCUT2D eigenvalue weighted by Gasteiger charge is 2.26. The van der Waals surface area contributed by atoms with Crippen molar-refractivity contribution >= 4 is 22.8 Å². The molecule has 3 aliphatic rings. The van der Waals surface area contributed by atoms with E-state index in [2.05, 4.69) is 72.8 Å². The predicted molar refractivity (Wildman–Crippen MR) is 95.2 cm³/mol. The van der Waals surface area contributed by atoms with E-state index < -0.39 is 0 Å². The molecule has 0 unspecified atom stereocenters. The summed E-state index contributed by atoms with van der Waals surface area (Å²) < 4.78 is 0. The van der Waals surface area contributed by atoms with Crippen LogP contribution in [0.4, 0.5) is 0 Å². The van der Waals surface area contributed by atoms with Crippen molar-refractivity contribution in [2.75, 3.05) is 0 Å². The van der Waals surface area contributed by atoms with Gasteiger partial charge in [-0.05, 0) is 66.8 Å². The second-order valence-electron chi connectivity index (χ2n) is 6.55. The topological polar surface area (TPSA) is 0 Å². The van der Waals surface area contributed by atoms with Crippen LogP contribution in [-0.4, -0.2) is 0 Å². The van der Waals surface area contributed by atoms with Gasteiger partial charge in [0.2, 0.25) is 0 Å². The first-order valence-corrected chi connectivity index (χ1v) is 8.18. The van der Waals surface area contributed by atoms with Crippen molar-refractivity contribution in [3.05, 3.63) is 93.2 Å². The van der Waals surface area contributed by atoms with Crippen molar-refractivity contribution in [2.24, 2.45) is 0 Å². The third-order valence-electron chi connectivity index (χ3n) is 5.46. The van der Waals surface area contributed by atoms with Crippen LogP contribution in [0.2, 0.25) is 0 Å². The molecule has 0 heterocycles. The fourth-order valence-electron chi connectivity index (χ4n) is 4.52. The van der Waals surface area contributed by atoms with E-state index in [0.717, 1.165) is 6.42 Å². The number of fused-ring (bicyclic) bond motifs is 5. The van der Waals surface area contributed by atoms with Crippen molar-refractivity contribution < 1.29 is 0 Å². The van der Waals surface area contributed by atoms with Crippen LogP contribution in [0, 0.1) is 0 Å². The molecule has 0 heteroatoms. The molecule has 0 radical (unpaired) electrons. The first kappa shape index (κ1) is 11.7. The molecule has 106 valence electrons. The molecule has 0 atom stereocenters. The third kappa shape index (κ3) is 1.33. The summed E-state index contributed by atoms with van der Waals surface area (Å²) in [7, 11) is 0. The van der Waals surface area contributed by atoms with Gasteiger partial charge in [0.1, 0.15) is 0 Å². The minimum atomic E-state index is 1.05. The Labute approximate surface area is 134 Å². The average molecular weight is 290 g/mol.